The number of benzene rings is 2. The molecule has 0 saturated heterocycles. The molecule has 0 fully saturated rings. The Labute approximate surface area is 217 Å². The monoisotopic (exact) mass is 536 g/mol. The maximum absolute atomic E-state index is 13.7. The molecule has 1 aromatic heterocycles. The molecular weight excluding hydrogens is 509 g/mol. The van der Waals surface area contributed by atoms with E-state index in [-0.39, 0.29) is 18.2 Å². The molecule has 2 atom stereocenters. The molecule has 4 rings (SSSR count). The minimum absolute atomic E-state index is 0.272. The van der Waals surface area contributed by atoms with Crippen molar-refractivity contribution in [1.29, 1.82) is 0 Å². The van der Waals surface area contributed by atoms with Crippen LogP contribution >= 0.6 is 11.6 Å². The zero-order chi connectivity index (χ0) is 27.1. The lowest BCUT2D eigenvalue weighted by Crippen LogP contribution is -2.45. The number of fused-ring (bicyclic) bond motifs is 1. The summed E-state index contributed by atoms with van der Waals surface area (Å²) in [5.41, 5.74) is 1.02. The Bertz CT molecular complexity index is 1400. The van der Waals surface area contributed by atoms with E-state index < -0.39 is 23.8 Å². The number of hydrogen-bond acceptors (Lipinski definition) is 5. The molecule has 1 aliphatic rings. The van der Waals surface area contributed by atoms with Crippen molar-refractivity contribution in [1.82, 2.24) is 9.13 Å². The number of rotatable bonds is 7. The molecule has 2 aromatic carbocycles. The number of nitrogens with zero attached hydrogens (tertiary/aromatic N) is 4. The van der Waals surface area contributed by atoms with Crippen molar-refractivity contribution in [3.63, 3.8) is 0 Å². The fourth-order valence-corrected chi connectivity index (χ4v) is 5.14. The van der Waals surface area contributed by atoms with E-state index in [0.717, 1.165) is 5.56 Å². The van der Waals surface area contributed by atoms with Crippen LogP contribution in [0, 0.1) is 0 Å². The lowest BCUT2D eigenvalue weighted by molar-refractivity contribution is -0.274. The number of halogens is 4. The minimum Gasteiger partial charge on any atom is -0.406 e. The average Bonchev–Trinajstić information content (AvgIpc) is 3.12. The largest absolute Gasteiger partial charge is 0.573 e. The molecule has 0 amide bonds. The first-order chi connectivity index (χ1) is 17.4. The number of anilines is 2. The summed E-state index contributed by atoms with van der Waals surface area (Å²) in [7, 11) is 3.40. The number of ether oxygens (including phenoxy) is 1. The molecular formula is C26H28ClF3N4O3. The van der Waals surface area contributed by atoms with Crippen molar-refractivity contribution < 1.29 is 17.9 Å². The van der Waals surface area contributed by atoms with Crippen LogP contribution in [-0.2, 0) is 20.1 Å². The zero-order valence-corrected chi connectivity index (χ0v) is 21.7. The van der Waals surface area contributed by atoms with E-state index in [1.165, 1.54) is 27.3 Å². The first kappa shape index (κ1) is 26.7. The molecule has 0 radical (unpaired) electrons. The van der Waals surface area contributed by atoms with Gasteiger partial charge in [0.25, 0.3) is 5.56 Å². The SMILES string of the molecule is CCCn1c(=O)c2c(n(C)c1=O)N(C)C(C(C)c1cccc(OC(F)(F)F)c1)N2Cc1ccc(Cl)cc1. The van der Waals surface area contributed by atoms with Crippen molar-refractivity contribution in [2.24, 2.45) is 7.05 Å². The molecule has 2 heterocycles. The fourth-order valence-electron chi connectivity index (χ4n) is 5.01. The molecule has 11 heteroatoms. The Hall–Kier alpha value is -3.40. The molecule has 7 nitrogen and oxygen atoms in total. The van der Waals surface area contributed by atoms with Crippen molar-refractivity contribution in [3.8, 4) is 5.75 Å². The molecule has 0 bridgehead atoms. The van der Waals surface area contributed by atoms with Gasteiger partial charge in [-0.1, -0.05) is 49.7 Å². The second-order valence-electron chi connectivity index (χ2n) is 9.16. The standard InChI is InChI=1S/C26H28ClF3N4O3/c1-5-13-33-24(35)21-23(32(4)25(33)36)31(3)22(34(21)15-17-9-11-19(27)12-10-17)16(2)18-7-6-8-20(14-18)37-26(28,29)30/h6-12,14,16,22H,5,13,15H2,1-4H3. The van der Waals surface area contributed by atoms with Gasteiger partial charge < -0.3 is 14.5 Å². The Balaban J connectivity index is 1.85. The number of alkyl halides is 3. The highest BCUT2D eigenvalue weighted by atomic mass is 35.5. The van der Waals surface area contributed by atoms with Gasteiger partial charge in [0.15, 0.2) is 0 Å². The summed E-state index contributed by atoms with van der Waals surface area (Å²) < 4.78 is 45.4. The van der Waals surface area contributed by atoms with Crippen LogP contribution in [0.4, 0.5) is 24.7 Å². The van der Waals surface area contributed by atoms with Gasteiger partial charge in [0, 0.05) is 38.1 Å². The summed E-state index contributed by atoms with van der Waals surface area (Å²) in [4.78, 5) is 30.5. The molecule has 37 heavy (non-hydrogen) atoms. The second kappa shape index (κ2) is 10.2. The van der Waals surface area contributed by atoms with Crippen molar-refractivity contribution in [2.75, 3.05) is 16.8 Å². The minimum atomic E-state index is -4.81. The topological polar surface area (TPSA) is 59.7 Å². The van der Waals surface area contributed by atoms with E-state index in [4.69, 9.17) is 11.6 Å². The van der Waals surface area contributed by atoms with Crippen LogP contribution in [0.1, 0.15) is 37.3 Å². The summed E-state index contributed by atoms with van der Waals surface area (Å²) >= 11 is 6.07. The number of aromatic nitrogens is 2. The lowest BCUT2D eigenvalue weighted by Gasteiger charge is -2.35. The van der Waals surface area contributed by atoms with Crippen LogP contribution in [-0.4, -0.2) is 28.7 Å². The zero-order valence-electron chi connectivity index (χ0n) is 20.9. The molecule has 198 valence electrons. The van der Waals surface area contributed by atoms with Gasteiger partial charge in [0.2, 0.25) is 0 Å². The first-order valence-electron chi connectivity index (χ1n) is 11.9. The third kappa shape index (κ3) is 5.20. The van der Waals surface area contributed by atoms with Gasteiger partial charge in [-0.2, -0.15) is 0 Å². The number of hydrogen-bond donors (Lipinski definition) is 0. The predicted octanol–water partition coefficient (Wildman–Crippen LogP) is 5.10. The van der Waals surface area contributed by atoms with Gasteiger partial charge in [0.05, 0.1) is 0 Å². The summed E-state index contributed by atoms with van der Waals surface area (Å²) in [5, 5.41) is 0.571. The average molecular weight is 537 g/mol. The summed E-state index contributed by atoms with van der Waals surface area (Å²) in [6, 6.07) is 13.0. The van der Waals surface area contributed by atoms with E-state index in [0.29, 0.717) is 35.1 Å². The fraction of sp³-hybridized carbons (Fsp3) is 0.385. The third-order valence-electron chi connectivity index (χ3n) is 6.61. The Kier molecular flexibility index (Phi) is 7.32. The quantitative estimate of drug-likeness (QED) is 0.421. The molecule has 2 unspecified atom stereocenters. The Morgan fingerprint density at radius 1 is 1.08 bits per heavy atom. The third-order valence-corrected chi connectivity index (χ3v) is 6.86. The maximum Gasteiger partial charge on any atom is 0.573 e. The van der Waals surface area contributed by atoms with Crippen LogP contribution in [0.2, 0.25) is 5.02 Å². The molecule has 0 N–H and O–H groups in total. The Morgan fingerprint density at radius 3 is 2.38 bits per heavy atom. The van der Waals surface area contributed by atoms with Crippen LogP contribution in [0.25, 0.3) is 0 Å². The van der Waals surface area contributed by atoms with Crippen LogP contribution in [0.15, 0.2) is 58.1 Å². The smallest absolute Gasteiger partial charge is 0.406 e. The molecule has 0 aliphatic carbocycles. The van der Waals surface area contributed by atoms with E-state index >= 15 is 0 Å². The van der Waals surface area contributed by atoms with Gasteiger partial charge >= 0.3 is 12.1 Å². The van der Waals surface area contributed by atoms with Crippen molar-refractivity contribution >= 4 is 23.1 Å². The molecule has 3 aromatic rings. The van der Waals surface area contributed by atoms with Crippen LogP contribution in [0.5, 0.6) is 5.75 Å². The van der Waals surface area contributed by atoms with E-state index in [1.54, 1.807) is 32.3 Å². The highest BCUT2D eigenvalue weighted by molar-refractivity contribution is 6.30. The van der Waals surface area contributed by atoms with E-state index in [2.05, 4.69) is 4.74 Å². The molecule has 0 saturated carbocycles. The van der Waals surface area contributed by atoms with Gasteiger partial charge in [-0.05, 0) is 41.8 Å². The molecule has 1 aliphatic heterocycles. The van der Waals surface area contributed by atoms with Gasteiger partial charge in [-0.15, -0.1) is 13.2 Å². The van der Waals surface area contributed by atoms with Crippen molar-refractivity contribution in [3.05, 3.63) is 85.5 Å². The van der Waals surface area contributed by atoms with Crippen molar-refractivity contribution in [2.45, 2.75) is 51.8 Å². The highest BCUT2D eigenvalue weighted by Gasteiger charge is 2.42. The van der Waals surface area contributed by atoms with Gasteiger partial charge in [-0.3, -0.25) is 13.9 Å². The van der Waals surface area contributed by atoms with Crippen LogP contribution in [0.3, 0.4) is 0 Å². The van der Waals surface area contributed by atoms with E-state index in [9.17, 15) is 22.8 Å². The first-order valence-corrected chi connectivity index (χ1v) is 12.2. The number of likely N-dealkylation sites (N-methyl/N-ethyl adjacent to an activating group) is 1. The summed E-state index contributed by atoms with van der Waals surface area (Å²) in [6.07, 6.45) is -4.69. The van der Waals surface area contributed by atoms with Gasteiger partial charge in [-0.25, -0.2) is 4.79 Å². The lowest BCUT2D eigenvalue weighted by atomic mass is 9.96. The predicted molar refractivity (Wildman–Crippen MR) is 138 cm³/mol. The summed E-state index contributed by atoms with van der Waals surface area (Å²) in [5.74, 6) is -0.247. The van der Waals surface area contributed by atoms with Gasteiger partial charge in [0.1, 0.15) is 23.4 Å². The summed E-state index contributed by atoms with van der Waals surface area (Å²) in [6.45, 7) is 4.35. The normalized spacial score (nSPS) is 16.2. The van der Waals surface area contributed by atoms with E-state index in [1.807, 2.05) is 35.8 Å². The highest BCUT2D eigenvalue weighted by Crippen LogP contribution is 2.42. The van der Waals surface area contributed by atoms with Crippen LogP contribution < -0.4 is 25.8 Å². The molecule has 0 spiro atoms. The Morgan fingerprint density at radius 2 is 1.76 bits per heavy atom. The maximum atomic E-state index is 13.7. The second-order valence-corrected chi connectivity index (χ2v) is 9.59.